The highest BCUT2D eigenvalue weighted by Gasteiger charge is 2.42. The van der Waals surface area contributed by atoms with Crippen molar-refractivity contribution in [2.75, 3.05) is 31.6 Å². The minimum absolute atomic E-state index is 0.000467. The van der Waals surface area contributed by atoms with Crippen molar-refractivity contribution >= 4 is 17.5 Å². The van der Waals surface area contributed by atoms with E-state index in [1.165, 1.54) is 0 Å². The van der Waals surface area contributed by atoms with Gasteiger partial charge in [0.05, 0.1) is 18.9 Å². The van der Waals surface area contributed by atoms with Gasteiger partial charge in [0, 0.05) is 44.0 Å². The van der Waals surface area contributed by atoms with E-state index in [0.717, 1.165) is 5.69 Å². The van der Waals surface area contributed by atoms with E-state index in [9.17, 15) is 9.59 Å². The largest absolute Gasteiger partial charge is 0.497 e. The molecule has 158 valence electrons. The summed E-state index contributed by atoms with van der Waals surface area (Å²) in [5, 5.41) is 3.99. The number of anilines is 1. The zero-order valence-electron chi connectivity index (χ0n) is 17.0. The molecule has 2 aromatic heterocycles. The molecule has 9 heteroatoms. The number of benzene rings is 1. The summed E-state index contributed by atoms with van der Waals surface area (Å²) >= 11 is 0. The van der Waals surface area contributed by atoms with E-state index in [0.29, 0.717) is 42.8 Å². The van der Waals surface area contributed by atoms with Gasteiger partial charge in [-0.2, -0.15) is 4.98 Å². The molecule has 1 aromatic carbocycles. The van der Waals surface area contributed by atoms with E-state index in [4.69, 9.17) is 9.26 Å². The van der Waals surface area contributed by atoms with E-state index < -0.39 is 0 Å². The summed E-state index contributed by atoms with van der Waals surface area (Å²) in [5.74, 6) is 1.20. The van der Waals surface area contributed by atoms with E-state index in [2.05, 4.69) is 15.1 Å². The summed E-state index contributed by atoms with van der Waals surface area (Å²) in [7, 11) is 1.58. The predicted molar refractivity (Wildman–Crippen MR) is 110 cm³/mol. The second-order valence-corrected chi connectivity index (χ2v) is 7.72. The van der Waals surface area contributed by atoms with Crippen LogP contribution in [-0.2, 0) is 9.59 Å². The lowest BCUT2D eigenvalue weighted by Crippen LogP contribution is -2.51. The summed E-state index contributed by atoms with van der Waals surface area (Å²) in [6.45, 7) is 1.38. The smallest absolute Gasteiger partial charge is 0.233 e. The van der Waals surface area contributed by atoms with E-state index in [1.807, 2.05) is 36.4 Å². The van der Waals surface area contributed by atoms with Gasteiger partial charge in [0.1, 0.15) is 11.4 Å². The maximum Gasteiger partial charge on any atom is 0.233 e. The minimum atomic E-state index is -0.355. The average molecular weight is 419 g/mol. The van der Waals surface area contributed by atoms with Crippen LogP contribution in [0.15, 0.2) is 53.2 Å². The molecule has 0 spiro atoms. The highest BCUT2D eigenvalue weighted by atomic mass is 16.5. The van der Waals surface area contributed by atoms with Gasteiger partial charge in [0.2, 0.25) is 23.5 Å². The molecule has 4 heterocycles. The van der Waals surface area contributed by atoms with Crippen molar-refractivity contribution in [2.24, 2.45) is 5.92 Å². The Morgan fingerprint density at radius 2 is 2.03 bits per heavy atom. The van der Waals surface area contributed by atoms with E-state index in [1.54, 1.807) is 29.2 Å². The number of carbonyl (C=O) groups excluding carboxylic acids is 2. The zero-order chi connectivity index (χ0) is 21.4. The fourth-order valence-corrected chi connectivity index (χ4v) is 3.97. The predicted octanol–water partition coefficient (Wildman–Crippen LogP) is 2.12. The molecule has 2 fully saturated rings. The third-order valence-corrected chi connectivity index (χ3v) is 5.72. The minimum Gasteiger partial charge on any atom is -0.497 e. The first-order chi connectivity index (χ1) is 15.1. The SMILES string of the molecule is COc1cccc(N2CC(C(=O)N3CC(c4nc(-c5ccccn5)no4)C3)CC2=O)c1. The lowest BCUT2D eigenvalue weighted by Gasteiger charge is -2.38. The molecule has 0 bridgehead atoms. The molecule has 5 rings (SSSR count). The number of aromatic nitrogens is 3. The van der Waals surface area contributed by atoms with Crippen LogP contribution in [0.5, 0.6) is 5.75 Å². The first-order valence-corrected chi connectivity index (χ1v) is 10.1. The van der Waals surface area contributed by atoms with Crippen LogP contribution >= 0.6 is 0 Å². The molecule has 2 aliphatic heterocycles. The van der Waals surface area contributed by atoms with Crippen molar-refractivity contribution in [1.29, 1.82) is 0 Å². The Kier molecular flexibility index (Phi) is 4.85. The van der Waals surface area contributed by atoms with Gasteiger partial charge in [-0.3, -0.25) is 14.6 Å². The fourth-order valence-electron chi connectivity index (χ4n) is 3.97. The highest BCUT2D eigenvalue weighted by Crippen LogP contribution is 2.32. The number of methoxy groups -OCH3 is 1. The number of rotatable bonds is 5. The molecule has 2 saturated heterocycles. The molecule has 0 aliphatic carbocycles. The molecule has 2 aliphatic rings. The third kappa shape index (κ3) is 3.63. The van der Waals surface area contributed by atoms with Gasteiger partial charge in [0.25, 0.3) is 0 Å². The van der Waals surface area contributed by atoms with Crippen molar-refractivity contribution in [2.45, 2.75) is 12.3 Å². The van der Waals surface area contributed by atoms with Crippen LogP contribution in [0.25, 0.3) is 11.5 Å². The molecule has 0 saturated carbocycles. The van der Waals surface area contributed by atoms with Gasteiger partial charge in [-0.15, -0.1) is 0 Å². The van der Waals surface area contributed by atoms with Crippen molar-refractivity contribution in [3.8, 4) is 17.3 Å². The van der Waals surface area contributed by atoms with Crippen LogP contribution < -0.4 is 9.64 Å². The topological polar surface area (TPSA) is 102 Å². The Bertz CT molecular complexity index is 1110. The molecule has 0 radical (unpaired) electrons. The number of pyridine rings is 1. The molecule has 31 heavy (non-hydrogen) atoms. The monoisotopic (exact) mass is 419 g/mol. The molecule has 9 nitrogen and oxygen atoms in total. The second kappa shape index (κ2) is 7.82. The first-order valence-electron chi connectivity index (χ1n) is 10.1. The number of nitrogens with zero attached hydrogens (tertiary/aromatic N) is 5. The maximum absolute atomic E-state index is 12.9. The van der Waals surface area contributed by atoms with Crippen molar-refractivity contribution < 1.29 is 18.8 Å². The number of ether oxygens (including phenoxy) is 1. The number of amides is 2. The fraction of sp³-hybridized carbons (Fsp3) is 0.318. The van der Waals surface area contributed by atoms with Crippen LogP contribution in [0.4, 0.5) is 5.69 Å². The van der Waals surface area contributed by atoms with Crippen LogP contribution in [-0.4, -0.2) is 58.6 Å². The van der Waals surface area contributed by atoms with Gasteiger partial charge in [-0.05, 0) is 24.3 Å². The Morgan fingerprint density at radius 1 is 1.16 bits per heavy atom. The van der Waals surface area contributed by atoms with Crippen LogP contribution in [0.3, 0.4) is 0 Å². The molecule has 3 aromatic rings. The summed E-state index contributed by atoms with van der Waals surface area (Å²) in [6, 6.07) is 12.8. The van der Waals surface area contributed by atoms with Crippen LogP contribution in [0.1, 0.15) is 18.2 Å². The third-order valence-electron chi connectivity index (χ3n) is 5.72. The lowest BCUT2D eigenvalue weighted by atomic mass is 9.96. The molecule has 1 atom stereocenters. The van der Waals surface area contributed by atoms with Gasteiger partial charge in [-0.1, -0.05) is 17.3 Å². The number of carbonyl (C=O) groups is 2. The standard InChI is InChI=1S/C22H21N5O4/c1-30-17-6-4-5-16(10-17)27-13-14(9-19(27)28)22(29)26-11-15(12-26)21-24-20(25-31-21)18-7-2-3-8-23-18/h2-8,10,14-15H,9,11-13H2,1H3. The summed E-state index contributed by atoms with van der Waals surface area (Å²) in [6.07, 6.45) is 1.88. The maximum atomic E-state index is 12.9. The number of hydrogen-bond donors (Lipinski definition) is 0. The first kappa shape index (κ1) is 19.2. The summed E-state index contributed by atoms with van der Waals surface area (Å²) in [4.78, 5) is 37.5. The van der Waals surface area contributed by atoms with Gasteiger partial charge < -0.3 is 19.1 Å². The van der Waals surface area contributed by atoms with Crippen LogP contribution in [0.2, 0.25) is 0 Å². The number of hydrogen-bond acceptors (Lipinski definition) is 7. The van der Waals surface area contributed by atoms with Gasteiger partial charge in [0.15, 0.2) is 0 Å². The quantitative estimate of drug-likeness (QED) is 0.624. The second-order valence-electron chi connectivity index (χ2n) is 7.72. The normalized spacial score (nSPS) is 18.9. The zero-order valence-corrected chi connectivity index (χ0v) is 17.0. The lowest BCUT2D eigenvalue weighted by molar-refractivity contribution is -0.140. The van der Waals surface area contributed by atoms with E-state index in [-0.39, 0.29) is 30.1 Å². The van der Waals surface area contributed by atoms with Gasteiger partial charge >= 0.3 is 0 Å². The molecule has 0 N–H and O–H groups in total. The van der Waals surface area contributed by atoms with Crippen molar-refractivity contribution in [3.63, 3.8) is 0 Å². The van der Waals surface area contributed by atoms with E-state index >= 15 is 0 Å². The Hall–Kier alpha value is -3.75. The Labute approximate surface area is 178 Å². The van der Waals surface area contributed by atoms with Crippen molar-refractivity contribution in [3.05, 3.63) is 54.6 Å². The highest BCUT2D eigenvalue weighted by molar-refractivity contribution is 6.00. The molecule has 2 amide bonds. The Morgan fingerprint density at radius 3 is 2.81 bits per heavy atom. The van der Waals surface area contributed by atoms with Crippen LogP contribution in [0, 0.1) is 5.92 Å². The summed E-state index contributed by atoms with van der Waals surface area (Å²) < 4.78 is 10.6. The average Bonchev–Trinajstić information content (AvgIpc) is 3.40. The molecular formula is C22H21N5O4. The van der Waals surface area contributed by atoms with Gasteiger partial charge in [-0.25, -0.2) is 0 Å². The summed E-state index contributed by atoms with van der Waals surface area (Å²) in [5.41, 5.74) is 1.39. The number of likely N-dealkylation sites (tertiary alicyclic amines) is 1. The molecular weight excluding hydrogens is 398 g/mol. The van der Waals surface area contributed by atoms with Crippen molar-refractivity contribution in [1.82, 2.24) is 20.0 Å². The Balaban J connectivity index is 1.20. The molecule has 1 unspecified atom stereocenters.